The van der Waals surface area contributed by atoms with Crippen LogP contribution in [0, 0.1) is 0 Å². The maximum atomic E-state index is 11.6. The molecule has 32 heavy (non-hydrogen) atoms. The fourth-order valence-corrected chi connectivity index (χ4v) is 4.15. The highest BCUT2D eigenvalue weighted by atomic mass is 16.7. The Bertz CT molecular complexity index is 1150. The van der Waals surface area contributed by atoms with Crippen LogP contribution in [0.15, 0.2) is 63.8 Å². The highest BCUT2D eigenvalue weighted by Crippen LogP contribution is 2.35. The molecule has 2 saturated heterocycles. The first-order chi connectivity index (χ1) is 15.5. The van der Waals surface area contributed by atoms with Gasteiger partial charge in [-0.05, 0) is 12.1 Å². The number of hydrogen-bond donors (Lipinski definition) is 3. The zero-order valence-corrected chi connectivity index (χ0v) is 17.2. The molecular formula is C23H23NO8. The largest absolute Gasteiger partial charge is 0.507 e. The van der Waals surface area contributed by atoms with E-state index in [1.807, 2.05) is 30.3 Å². The molecule has 2 aliphatic heterocycles. The van der Waals surface area contributed by atoms with Crippen LogP contribution >= 0.6 is 0 Å². The van der Waals surface area contributed by atoms with Gasteiger partial charge < -0.3 is 38.9 Å². The van der Waals surface area contributed by atoms with Crippen LogP contribution in [-0.4, -0.2) is 54.6 Å². The maximum Gasteiger partial charge on any atom is 0.339 e. The van der Waals surface area contributed by atoms with Gasteiger partial charge in [-0.25, -0.2) is 4.79 Å². The van der Waals surface area contributed by atoms with Crippen molar-refractivity contribution in [2.45, 2.75) is 36.9 Å². The summed E-state index contributed by atoms with van der Waals surface area (Å²) in [5.74, 6) is -0.163. The van der Waals surface area contributed by atoms with Crippen LogP contribution in [0.2, 0.25) is 0 Å². The van der Waals surface area contributed by atoms with Gasteiger partial charge in [0.05, 0.1) is 18.1 Å². The van der Waals surface area contributed by atoms with E-state index in [2.05, 4.69) is 5.32 Å². The highest BCUT2D eigenvalue weighted by molar-refractivity contribution is 5.85. The standard InChI is InChI=1S/C23H23NO8/c1-28-23-19(24-13-7-8-14-15(25)10-18(26)30-16(14)9-13)20(27)21-17(31-23)11-29-22(32-21)12-5-3-2-4-6-12/h2-10,17,19-25,27H,11H2,1H3/t17?,19-,20?,21+,22?,23-/m0/s1. The van der Waals surface area contributed by atoms with E-state index in [0.29, 0.717) is 11.1 Å². The lowest BCUT2D eigenvalue weighted by molar-refractivity contribution is -0.337. The summed E-state index contributed by atoms with van der Waals surface area (Å²) < 4.78 is 28.5. The molecule has 2 aliphatic rings. The van der Waals surface area contributed by atoms with Crippen LogP contribution in [0.1, 0.15) is 11.9 Å². The molecule has 2 aromatic carbocycles. The van der Waals surface area contributed by atoms with Crippen LogP contribution in [0.4, 0.5) is 5.69 Å². The van der Waals surface area contributed by atoms with Gasteiger partial charge >= 0.3 is 5.63 Å². The van der Waals surface area contributed by atoms with E-state index in [0.717, 1.165) is 11.6 Å². The van der Waals surface area contributed by atoms with E-state index < -0.39 is 42.6 Å². The second kappa shape index (κ2) is 8.53. The molecule has 0 aliphatic carbocycles. The molecule has 2 fully saturated rings. The molecule has 0 spiro atoms. The average molecular weight is 441 g/mol. The number of aromatic hydroxyl groups is 1. The predicted molar refractivity (Wildman–Crippen MR) is 113 cm³/mol. The highest BCUT2D eigenvalue weighted by Gasteiger charge is 2.49. The number of methoxy groups -OCH3 is 1. The molecule has 1 aromatic heterocycles. The van der Waals surface area contributed by atoms with Crippen molar-refractivity contribution in [1.29, 1.82) is 0 Å². The molecule has 9 nitrogen and oxygen atoms in total. The van der Waals surface area contributed by atoms with Gasteiger partial charge in [-0.15, -0.1) is 0 Å². The lowest BCUT2D eigenvalue weighted by Gasteiger charge is -2.47. The Morgan fingerprint density at radius 2 is 1.91 bits per heavy atom. The summed E-state index contributed by atoms with van der Waals surface area (Å²) in [4.78, 5) is 11.6. The summed E-state index contributed by atoms with van der Waals surface area (Å²) in [6.45, 7) is 0.244. The van der Waals surface area contributed by atoms with E-state index in [-0.39, 0.29) is 17.9 Å². The van der Waals surface area contributed by atoms with Crippen molar-refractivity contribution in [3.8, 4) is 5.75 Å². The van der Waals surface area contributed by atoms with Crippen molar-refractivity contribution >= 4 is 16.7 Å². The molecule has 0 amide bonds. The zero-order valence-electron chi connectivity index (χ0n) is 17.2. The SMILES string of the molecule is CO[C@H]1OC2COC(c3ccccc3)O[C@H]2C(O)[C@@H]1Nc1ccc2c(O)cc(=O)oc2c1. The van der Waals surface area contributed by atoms with Crippen molar-refractivity contribution in [1.82, 2.24) is 0 Å². The van der Waals surface area contributed by atoms with Crippen molar-refractivity contribution in [3.05, 3.63) is 70.6 Å². The van der Waals surface area contributed by atoms with Gasteiger partial charge in [0, 0.05) is 24.4 Å². The lowest BCUT2D eigenvalue weighted by Crippen LogP contribution is -2.64. The fourth-order valence-electron chi connectivity index (χ4n) is 4.15. The van der Waals surface area contributed by atoms with Crippen molar-refractivity contribution < 1.29 is 33.6 Å². The lowest BCUT2D eigenvalue weighted by atomic mass is 9.95. The topological polar surface area (TPSA) is 120 Å². The molecule has 3 aromatic rings. The third-order valence-corrected chi connectivity index (χ3v) is 5.73. The van der Waals surface area contributed by atoms with Gasteiger partial charge in [0.1, 0.15) is 35.7 Å². The van der Waals surface area contributed by atoms with Crippen molar-refractivity contribution in [3.63, 3.8) is 0 Å². The third-order valence-electron chi connectivity index (χ3n) is 5.73. The zero-order chi connectivity index (χ0) is 22.2. The summed E-state index contributed by atoms with van der Waals surface area (Å²) in [5, 5.41) is 24.7. The molecule has 168 valence electrons. The first kappa shape index (κ1) is 20.9. The number of benzene rings is 2. The minimum Gasteiger partial charge on any atom is -0.507 e. The summed E-state index contributed by atoms with van der Waals surface area (Å²) >= 11 is 0. The van der Waals surface area contributed by atoms with Gasteiger partial charge in [-0.2, -0.15) is 0 Å². The number of aliphatic hydroxyl groups excluding tert-OH is 1. The summed E-state index contributed by atoms with van der Waals surface area (Å²) in [7, 11) is 1.49. The number of anilines is 1. The second-order valence-corrected chi connectivity index (χ2v) is 7.78. The summed E-state index contributed by atoms with van der Waals surface area (Å²) in [5.41, 5.74) is 0.949. The normalized spacial score (nSPS) is 30.1. The van der Waals surface area contributed by atoms with Crippen LogP contribution in [0.25, 0.3) is 11.0 Å². The second-order valence-electron chi connectivity index (χ2n) is 7.78. The van der Waals surface area contributed by atoms with E-state index >= 15 is 0 Å². The van der Waals surface area contributed by atoms with Gasteiger partial charge in [-0.3, -0.25) is 0 Å². The fraction of sp³-hybridized carbons (Fsp3) is 0.348. The molecule has 6 atom stereocenters. The van der Waals surface area contributed by atoms with Crippen LogP contribution in [0.5, 0.6) is 5.75 Å². The molecule has 3 unspecified atom stereocenters. The number of aliphatic hydroxyl groups is 1. The van der Waals surface area contributed by atoms with Crippen molar-refractivity contribution in [2.24, 2.45) is 0 Å². The number of nitrogens with one attached hydrogen (secondary N) is 1. The summed E-state index contributed by atoms with van der Waals surface area (Å²) in [6, 6.07) is 14.7. The van der Waals surface area contributed by atoms with Gasteiger partial charge in [0.25, 0.3) is 0 Å². The smallest absolute Gasteiger partial charge is 0.339 e. The Morgan fingerprint density at radius 1 is 1.09 bits per heavy atom. The molecule has 0 bridgehead atoms. The van der Waals surface area contributed by atoms with Gasteiger partial charge in [0.2, 0.25) is 0 Å². The number of rotatable bonds is 4. The molecule has 3 heterocycles. The third kappa shape index (κ3) is 3.85. The van der Waals surface area contributed by atoms with Crippen LogP contribution in [0.3, 0.4) is 0 Å². The molecule has 5 rings (SSSR count). The maximum absolute atomic E-state index is 11.6. The quantitative estimate of drug-likeness (QED) is 0.523. The molecular weight excluding hydrogens is 418 g/mol. The van der Waals surface area contributed by atoms with Gasteiger partial charge in [-0.1, -0.05) is 30.3 Å². The number of hydrogen-bond acceptors (Lipinski definition) is 9. The Morgan fingerprint density at radius 3 is 2.69 bits per heavy atom. The monoisotopic (exact) mass is 441 g/mol. The van der Waals surface area contributed by atoms with Gasteiger partial charge in [0.15, 0.2) is 12.6 Å². The van der Waals surface area contributed by atoms with E-state index in [1.165, 1.54) is 7.11 Å². The minimum absolute atomic E-state index is 0.163. The molecule has 9 heteroatoms. The van der Waals surface area contributed by atoms with Crippen LogP contribution < -0.4 is 10.9 Å². The summed E-state index contributed by atoms with van der Waals surface area (Å²) in [6.07, 6.45) is -3.53. The van der Waals surface area contributed by atoms with E-state index in [4.69, 9.17) is 23.4 Å². The Kier molecular flexibility index (Phi) is 5.58. The average Bonchev–Trinajstić information content (AvgIpc) is 2.80. The Balaban J connectivity index is 1.39. The molecule has 0 saturated carbocycles. The molecule has 3 N–H and O–H groups in total. The van der Waals surface area contributed by atoms with E-state index in [9.17, 15) is 15.0 Å². The number of fused-ring (bicyclic) bond motifs is 2. The predicted octanol–water partition coefficient (Wildman–Crippen LogP) is 2.13. The molecule has 0 radical (unpaired) electrons. The van der Waals surface area contributed by atoms with Crippen molar-refractivity contribution in [2.75, 3.05) is 19.0 Å². The number of ether oxygens (including phenoxy) is 4. The minimum atomic E-state index is -0.985. The van der Waals surface area contributed by atoms with Crippen LogP contribution in [-0.2, 0) is 18.9 Å². The Hall–Kier alpha value is -2.95. The van der Waals surface area contributed by atoms with E-state index in [1.54, 1.807) is 18.2 Å². The first-order valence-electron chi connectivity index (χ1n) is 10.3. The first-order valence-corrected chi connectivity index (χ1v) is 10.3. The Labute approximate surface area is 183 Å².